The van der Waals surface area contributed by atoms with Gasteiger partial charge in [-0.05, 0) is 67.0 Å². The molecule has 0 unspecified atom stereocenters. The van der Waals surface area contributed by atoms with Gasteiger partial charge in [-0.3, -0.25) is 9.55 Å². The van der Waals surface area contributed by atoms with Crippen LogP contribution in [0.1, 0.15) is 20.8 Å². The molecule has 0 saturated carbocycles. The van der Waals surface area contributed by atoms with Crippen molar-refractivity contribution < 1.29 is 9.09 Å². The summed E-state index contributed by atoms with van der Waals surface area (Å²) in [6.07, 6.45) is 3.27. The lowest BCUT2D eigenvalue weighted by Gasteiger charge is -2.31. The van der Waals surface area contributed by atoms with Crippen LogP contribution < -0.4 is 9.83 Å². The van der Waals surface area contributed by atoms with Crippen molar-refractivity contribution in [2.75, 3.05) is 0 Å². The van der Waals surface area contributed by atoms with E-state index in [0.717, 1.165) is 8.95 Å². The number of halogens is 2. The first-order valence-corrected chi connectivity index (χ1v) is 9.60. The van der Waals surface area contributed by atoms with Gasteiger partial charge in [0.25, 0.3) is 7.37 Å². The molecule has 1 atom stereocenters. The summed E-state index contributed by atoms with van der Waals surface area (Å²) in [7, 11) is -3.10. The zero-order chi connectivity index (χ0) is 15.7. The zero-order valence-corrected chi connectivity index (χ0v) is 16.1. The molecule has 6 heteroatoms. The Hall–Kier alpha value is -0.640. The van der Waals surface area contributed by atoms with Crippen LogP contribution >= 0.6 is 39.2 Å². The molecule has 1 aromatic heterocycles. The smallest absolute Gasteiger partial charge is 0.282 e. The largest absolute Gasteiger partial charge is 0.438 e. The fourth-order valence-electron chi connectivity index (χ4n) is 1.80. The van der Waals surface area contributed by atoms with E-state index in [9.17, 15) is 4.57 Å². The van der Waals surface area contributed by atoms with E-state index in [1.807, 2.05) is 32.9 Å². The van der Waals surface area contributed by atoms with E-state index in [0.29, 0.717) is 11.1 Å². The Balaban J connectivity index is 2.50. The number of hydrogen-bond acceptors (Lipinski definition) is 3. The van der Waals surface area contributed by atoms with Crippen molar-refractivity contribution in [1.82, 2.24) is 4.98 Å². The molecule has 0 radical (unpaired) electrons. The van der Waals surface area contributed by atoms with Crippen molar-refractivity contribution in [2.24, 2.45) is 0 Å². The predicted molar refractivity (Wildman–Crippen MR) is 93.7 cm³/mol. The van der Waals surface area contributed by atoms with Crippen LogP contribution in [0.5, 0.6) is 5.75 Å². The third-order valence-electron chi connectivity index (χ3n) is 3.01. The minimum Gasteiger partial charge on any atom is -0.438 e. The molecule has 0 fully saturated rings. The SMILES string of the molecule is CC(C)(C)[P@](=O)(Oc1ccc(Br)cc1Br)c1ccncc1. The maximum atomic E-state index is 13.6. The van der Waals surface area contributed by atoms with Crippen LogP contribution in [-0.4, -0.2) is 10.1 Å². The molecule has 0 saturated heterocycles. The lowest BCUT2D eigenvalue weighted by molar-refractivity contribution is 0.460. The highest BCUT2D eigenvalue weighted by Gasteiger charge is 2.41. The van der Waals surface area contributed by atoms with Gasteiger partial charge in [-0.15, -0.1) is 0 Å². The highest BCUT2D eigenvalue weighted by molar-refractivity contribution is 9.11. The number of benzene rings is 1. The van der Waals surface area contributed by atoms with Gasteiger partial charge in [0.1, 0.15) is 5.75 Å². The van der Waals surface area contributed by atoms with E-state index < -0.39 is 12.5 Å². The van der Waals surface area contributed by atoms with Crippen LogP contribution in [0.25, 0.3) is 0 Å². The van der Waals surface area contributed by atoms with Crippen molar-refractivity contribution in [3.63, 3.8) is 0 Å². The van der Waals surface area contributed by atoms with Gasteiger partial charge < -0.3 is 4.52 Å². The molecule has 1 heterocycles. The number of rotatable bonds is 3. The average molecular weight is 433 g/mol. The van der Waals surface area contributed by atoms with Gasteiger partial charge in [0, 0.05) is 16.9 Å². The third-order valence-corrected chi connectivity index (χ3v) is 7.32. The Labute approximate surface area is 141 Å². The van der Waals surface area contributed by atoms with Crippen molar-refractivity contribution in [3.05, 3.63) is 51.7 Å². The van der Waals surface area contributed by atoms with Crippen molar-refractivity contribution in [1.29, 1.82) is 0 Å². The Morgan fingerprint density at radius 3 is 2.24 bits per heavy atom. The Kier molecular flexibility index (Phi) is 4.96. The predicted octanol–water partition coefficient (Wildman–Crippen LogP) is 5.39. The van der Waals surface area contributed by atoms with Gasteiger partial charge >= 0.3 is 0 Å². The third kappa shape index (κ3) is 3.58. The number of aromatic nitrogens is 1. The fraction of sp³-hybridized carbons (Fsp3) is 0.267. The summed E-state index contributed by atoms with van der Waals surface area (Å²) in [5.41, 5.74) is 0. The Morgan fingerprint density at radius 2 is 1.71 bits per heavy atom. The summed E-state index contributed by atoms with van der Waals surface area (Å²) in [6, 6.07) is 9.03. The molecule has 112 valence electrons. The molecular weight excluding hydrogens is 417 g/mol. The van der Waals surface area contributed by atoms with Gasteiger partial charge in [-0.25, -0.2) is 0 Å². The van der Waals surface area contributed by atoms with Crippen LogP contribution in [0, 0.1) is 0 Å². The van der Waals surface area contributed by atoms with Crippen LogP contribution in [0.2, 0.25) is 0 Å². The molecule has 21 heavy (non-hydrogen) atoms. The molecular formula is C15H16Br2NO2P. The second kappa shape index (κ2) is 6.23. The highest BCUT2D eigenvalue weighted by Crippen LogP contribution is 2.58. The van der Waals surface area contributed by atoms with Gasteiger partial charge in [0.15, 0.2) is 0 Å². The molecule has 2 aromatic rings. The minimum atomic E-state index is -3.10. The first-order valence-electron chi connectivity index (χ1n) is 6.39. The molecule has 0 aliphatic carbocycles. The summed E-state index contributed by atoms with van der Waals surface area (Å²) < 4.78 is 21.2. The van der Waals surface area contributed by atoms with Crippen LogP contribution in [0.4, 0.5) is 0 Å². The summed E-state index contributed by atoms with van der Waals surface area (Å²) in [4.78, 5) is 3.99. The second-order valence-electron chi connectivity index (χ2n) is 5.59. The Morgan fingerprint density at radius 1 is 1.10 bits per heavy atom. The van der Waals surface area contributed by atoms with Crippen LogP contribution in [0.3, 0.4) is 0 Å². The first kappa shape index (κ1) is 16.7. The quantitative estimate of drug-likeness (QED) is 0.610. The average Bonchev–Trinajstić information content (AvgIpc) is 2.41. The number of nitrogens with zero attached hydrogens (tertiary/aromatic N) is 1. The molecule has 1 aromatic carbocycles. The monoisotopic (exact) mass is 431 g/mol. The first-order chi connectivity index (χ1) is 9.74. The summed E-state index contributed by atoms with van der Waals surface area (Å²) in [5.74, 6) is 0.563. The molecule has 0 N–H and O–H groups in total. The van der Waals surface area contributed by atoms with E-state index in [1.165, 1.54) is 0 Å². The summed E-state index contributed by atoms with van der Waals surface area (Å²) in [6.45, 7) is 5.75. The summed E-state index contributed by atoms with van der Waals surface area (Å²) in [5, 5.41) is 0.140. The molecule has 0 aliphatic rings. The molecule has 0 bridgehead atoms. The van der Waals surface area contributed by atoms with E-state index in [4.69, 9.17) is 4.52 Å². The van der Waals surface area contributed by atoms with Gasteiger partial charge in [0.05, 0.1) is 14.9 Å². The van der Waals surface area contributed by atoms with Gasteiger partial charge in [-0.1, -0.05) is 15.9 Å². The molecule has 0 spiro atoms. The van der Waals surface area contributed by atoms with Crippen molar-refractivity contribution in [2.45, 2.75) is 25.9 Å². The van der Waals surface area contributed by atoms with Crippen LogP contribution in [0.15, 0.2) is 51.7 Å². The molecule has 3 nitrogen and oxygen atoms in total. The normalized spacial score (nSPS) is 14.5. The lowest BCUT2D eigenvalue weighted by Crippen LogP contribution is -2.26. The van der Waals surface area contributed by atoms with Crippen molar-refractivity contribution >= 4 is 44.5 Å². The maximum absolute atomic E-state index is 13.6. The molecule has 2 rings (SSSR count). The topological polar surface area (TPSA) is 39.2 Å². The fourth-order valence-corrected chi connectivity index (χ4v) is 5.17. The maximum Gasteiger partial charge on any atom is 0.282 e. The molecule has 0 amide bonds. The highest BCUT2D eigenvalue weighted by atomic mass is 79.9. The van der Waals surface area contributed by atoms with Gasteiger partial charge in [-0.2, -0.15) is 0 Å². The minimum absolute atomic E-state index is 0.527. The zero-order valence-electron chi connectivity index (χ0n) is 12.0. The van der Waals surface area contributed by atoms with E-state index in [1.54, 1.807) is 30.6 Å². The lowest BCUT2D eigenvalue weighted by atomic mass is 10.3. The Bertz CT molecular complexity index is 684. The van der Waals surface area contributed by atoms with E-state index >= 15 is 0 Å². The van der Waals surface area contributed by atoms with E-state index in [-0.39, 0.29) is 0 Å². The van der Waals surface area contributed by atoms with Crippen molar-refractivity contribution in [3.8, 4) is 5.75 Å². The summed E-state index contributed by atoms with van der Waals surface area (Å²) >= 11 is 6.85. The molecule has 0 aliphatic heterocycles. The van der Waals surface area contributed by atoms with E-state index in [2.05, 4.69) is 36.8 Å². The second-order valence-corrected chi connectivity index (χ2v) is 10.5. The number of hydrogen-bond donors (Lipinski definition) is 0. The van der Waals surface area contributed by atoms with Gasteiger partial charge in [0.2, 0.25) is 0 Å². The van der Waals surface area contributed by atoms with Crippen LogP contribution in [-0.2, 0) is 4.57 Å². The number of pyridine rings is 1. The standard InChI is InChI=1S/C15H16Br2NO2P/c1-15(2,3)21(19,12-6-8-18-9-7-12)20-14-5-4-11(16)10-13(14)17/h4-10H,1-3H3/t21-/m1/s1.